The molecule has 6 heteroatoms. The lowest BCUT2D eigenvalue weighted by Gasteiger charge is -2.25. The molecule has 0 saturated carbocycles. The van der Waals surface area contributed by atoms with E-state index >= 15 is 0 Å². The van der Waals surface area contributed by atoms with Gasteiger partial charge in [-0.15, -0.1) is 0 Å². The highest BCUT2D eigenvalue weighted by molar-refractivity contribution is 7.89. The molecule has 2 rings (SSSR count). The van der Waals surface area contributed by atoms with Gasteiger partial charge in [0.2, 0.25) is 10.0 Å². The van der Waals surface area contributed by atoms with E-state index in [1.54, 1.807) is 0 Å². The van der Waals surface area contributed by atoms with Crippen LogP contribution in [-0.4, -0.2) is 32.9 Å². The van der Waals surface area contributed by atoms with Crippen molar-refractivity contribution in [2.24, 2.45) is 0 Å². The minimum absolute atomic E-state index is 0.0114. The second kappa shape index (κ2) is 5.24. The lowest BCUT2D eigenvalue weighted by molar-refractivity contribution is 0.346. The molecule has 0 bridgehead atoms. The lowest BCUT2D eigenvalue weighted by atomic mass is 10.2. The largest absolute Gasteiger partial charge is 0.494 e. The van der Waals surface area contributed by atoms with E-state index in [0.29, 0.717) is 13.1 Å². The number of benzene rings is 1. The predicted octanol–water partition coefficient (Wildman–Crippen LogP) is 2.01. The van der Waals surface area contributed by atoms with Crippen LogP contribution in [0, 0.1) is 5.82 Å². The number of sulfonamides is 1. The quantitative estimate of drug-likeness (QED) is 0.846. The Kier molecular flexibility index (Phi) is 3.87. The number of nitrogens with zero attached hydrogens (tertiary/aromatic N) is 1. The number of hydrogen-bond acceptors (Lipinski definition) is 3. The van der Waals surface area contributed by atoms with E-state index in [2.05, 4.69) is 0 Å². The van der Waals surface area contributed by atoms with Gasteiger partial charge in [-0.1, -0.05) is 6.42 Å². The van der Waals surface area contributed by atoms with Crippen LogP contribution in [-0.2, 0) is 10.0 Å². The molecule has 0 atom stereocenters. The molecular weight excluding hydrogens is 257 g/mol. The molecule has 0 aliphatic carbocycles. The Morgan fingerprint density at radius 3 is 2.44 bits per heavy atom. The van der Waals surface area contributed by atoms with E-state index in [1.807, 2.05) is 0 Å². The van der Waals surface area contributed by atoms with Crippen LogP contribution in [0.1, 0.15) is 19.3 Å². The van der Waals surface area contributed by atoms with Crippen molar-refractivity contribution >= 4 is 10.0 Å². The molecule has 0 aromatic heterocycles. The number of hydrogen-bond donors (Lipinski definition) is 0. The summed E-state index contributed by atoms with van der Waals surface area (Å²) in [6.45, 7) is 1.02. The van der Waals surface area contributed by atoms with Crippen LogP contribution in [0.5, 0.6) is 5.75 Å². The van der Waals surface area contributed by atoms with Gasteiger partial charge in [-0.25, -0.2) is 12.8 Å². The van der Waals surface area contributed by atoms with Crippen LogP contribution < -0.4 is 4.74 Å². The first kappa shape index (κ1) is 13.3. The van der Waals surface area contributed by atoms with Gasteiger partial charge in [0.05, 0.1) is 12.0 Å². The van der Waals surface area contributed by atoms with E-state index in [4.69, 9.17) is 4.74 Å². The average molecular weight is 273 g/mol. The summed E-state index contributed by atoms with van der Waals surface area (Å²) in [4.78, 5) is -0.0114. The monoisotopic (exact) mass is 273 g/mol. The summed E-state index contributed by atoms with van der Waals surface area (Å²) in [6, 6.07) is 3.74. The maximum absolute atomic E-state index is 13.5. The Labute approximate surface area is 106 Å². The van der Waals surface area contributed by atoms with Crippen molar-refractivity contribution in [3.63, 3.8) is 0 Å². The molecule has 0 radical (unpaired) electrons. The van der Waals surface area contributed by atoms with Crippen LogP contribution in [0.15, 0.2) is 23.1 Å². The van der Waals surface area contributed by atoms with Gasteiger partial charge >= 0.3 is 0 Å². The van der Waals surface area contributed by atoms with Crippen LogP contribution in [0.4, 0.5) is 4.39 Å². The Bertz CT molecular complexity index is 524. The standard InChI is InChI=1S/C12H16FNO3S/c1-17-12-6-5-10(9-11(12)13)18(15,16)14-7-3-2-4-8-14/h5-6,9H,2-4,7-8H2,1H3. The summed E-state index contributed by atoms with van der Waals surface area (Å²) in [5, 5.41) is 0. The molecule has 1 aliphatic rings. The molecule has 1 aromatic rings. The third-order valence-electron chi connectivity index (χ3n) is 3.08. The zero-order valence-electron chi connectivity index (χ0n) is 10.2. The zero-order valence-corrected chi connectivity index (χ0v) is 11.0. The van der Waals surface area contributed by atoms with Gasteiger partial charge in [0.1, 0.15) is 0 Å². The lowest BCUT2D eigenvalue weighted by Crippen LogP contribution is -2.35. The first-order valence-electron chi connectivity index (χ1n) is 5.89. The average Bonchev–Trinajstić information content (AvgIpc) is 2.39. The Morgan fingerprint density at radius 1 is 1.22 bits per heavy atom. The van der Waals surface area contributed by atoms with E-state index in [0.717, 1.165) is 25.3 Å². The highest BCUT2D eigenvalue weighted by Crippen LogP contribution is 2.24. The minimum atomic E-state index is -3.57. The Morgan fingerprint density at radius 2 is 1.89 bits per heavy atom. The first-order valence-corrected chi connectivity index (χ1v) is 7.33. The zero-order chi connectivity index (χ0) is 13.2. The fourth-order valence-electron chi connectivity index (χ4n) is 2.06. The van der Waals surface area contributed by atoms with Crippen LogP contribution in [0.3, 0.4) is 0 Å². The summed E-state index contributed by atoms with van der Waals surface area (Å²) >= 11 is 0. The second-order valence-corrected chi connectivity index (χ2v) is 6.20. The summed E-state index contributed by atoms with van der Waals surface area (Å²) in [5.41, 5.74) is 0. The van der Waals surface area contributed by atoms with Gasteiger partial charge in [-0.05, 0) is 31.0 Å². The number of piperidine rings is 1. The number of ether oxygens (including phenoxy) is 1. The summed E-state index contributed by atoms with van der Waals surface area (Å²) in [7, 11) is -2.23. The van der Waals surface area contributed by atoms with E-state index in [9.17, 15) is 12.8 Å². The SMILES string of the molecule is COc1ccc(S(=O)(=O)N2CCCCC2)cc1F. The molecule has 1 heterocycles. The molecule has 1 saturated heterocycles. The van der Waals surface area contributed by atoms with Crippen LogP contribution in [0.25, 0.3) is 0 Å². The fourth-order valence-corrected chi connectivity index (χ4v) is 3.59. The van der Waals surface area contributed by atoms with E-state index in [1.165, 1.54) is 23.5 Å². The van der Waals surface area contributed by atoms with Crippen molar-refractivity contribution in [2.45, 2.75) is 24.2 Å². The smallest absolute Gasteiger partial charge is 0.243 e. The van der Waals surface area contributed by atoms with Crippen molar-refractivity contribution in [1.82, 2.24) is 4.31 Å². The maximum atomic E-state index is 13.5. The number of halogens is 1. The molecule has 0 spiro atoms. The minimum Gasteiger partial charge on any atom is -0.494 e. The summed E-state index contributed by atoms with van der Waals surface area (Å²) < 4.78 is 44.2. The van der Waals surface area contributed by atoms with Crippen LogP contribution in [0.2, 0.25) is 0 Å². The van der Waals surface area contributed by atoms with E-state index in [-0.39, 0.29) is 10.6 Å². The molecule has 4 nitrogen and oxygen atoms in total. The fraction of sp³-hybridized carbons (Fsp3) is 0.500. The highest BCUT2D eigenvalue weighted by Gasteiger charge is 2.26. The van der Waals surface area contributed by atoms with Gasteiger partial charge < -0.3 is 4.74 Å². The molecule has 100 valence electrons. The molecular formula is C12H16FNO3S. The third kappa shape index (κ3) is 2.49. The topological polar surface area (TPSA) is 46.6 Å². The van der Waals surface area contributed by atoms with Crippen LogP contribution >= 0.6 is 0 Å². The molecule has 0 unspecified atom stereocenters. The molecule has 1 aromatic carbocycles. The van der Waals surface area contributed by atoms with Gasteiger partial charge in [0.25, 0.3) is 0 Å². The van der Waals surface area contributed by atoms with Crippen molar-refractivity contribution in [3.8, 4) is 5.75 Å². The normalized spacial score (nSPS) is 17.7. The predicted molar refractivity (Wildman–Crippen MR) is 65.6 cm³/mol. The first-order chi connectivity index (χ1) is 8.55. The van der Waals surface area contributed by atoms with Crippen molar-refractivity contribution < 1.29 is 17.5 Å². The van der Waals surface area contributed by atoms with Gasteiger partial charge in [-0.3, -0.25) is 0 Å². The summed E-state index contributed by atoms with van der Waals surface area (Å²) in [5.74, 6) is -0.608. The number of methoxy groups -OCH3 is 1. The summed E-state index contributed by atoms with van der Waals surface area (Å²) in [6.07, 6.45) is 2.76. The second-order valence-electron chi connectivity index (χ2n) is 4.26. The van der Waals surface area contributed by atoms with Crippen molar-refractivity contribution in [2.75, 3.05) is 20.2 Å². The maximum Gasteiger partial charge on any atom is 0.243 e. The molecule has 0 amide bonds. The van der Waals surface area contributed by atoms with Gasteiger partial charge in [0.15, 0.2) is 11.6 Å². The van der Waals surface area contributed by atoms with Gasteiger partial charge in [-0.2, -0.15) is 4.31 Å². The highest BCUT2D eigenvalue weighted by atomic mass is 32.2. The Balaban J connectivity index is 2.32. The number of rotatable bonds is 3. The Hall–Kier alpha value is -1.14. The van der Waals surface area contributed by atoms with Crippen molar-refractivity contribution in [1.29, 1.82) is 0 Å². The molecule has 0 N–H and O–H groups in total. The molecule has 1 aliphatic heterocycles. The van der Waals surface area contributed by atoms with Gasteiger partial charge in [0, 0.05) is 13.1 Å². The van der Waals surface area contributed by atoms with E-state index < -0.39 is 15.8 Å². The third-order valence-corrected chi connectivity index (χ3v) is 4.97. The van der Waals surface area contributed by atoms with Crippen molar-refractivity contribution in [3.05, 3.63) is 24.0 Å². The molecule has 1 fully saturated rings. The molecule has 18 heavy (non-hydrogen) atoms.